The highest BCUT2D eigenvalue weighted by Gasteiger charge is 2.39. The minimum atomic E-state index is -1.33. The maximum Gasteiger partial charge on any atom is 0.318 e. The van der Waals surface area contributed by atoms with E-state index in [1.807, 2.05) is 0 Å². The van der Waals surface area contributed by atoms with E-state index in [9.17, 15) is 9.59 Å². The molecule has 5 heteroatoms. The summed E-state index contributed by atoms with van der Waals surface area (Å²) >= 11 is 0. The zero-order valence-electron chi connectivity index (χ0n) is 9.50. The van der Waals surface area contributed by atoms with Crippen LogP contribution in [0.3, 0.4) is 0 Å². The van der Waals surface area contributed by atoms with Crippen molar-refractivity contribution in [1.82, 2.24) is 5.32 Å². The average Bonchev–Trinajstić information content (AvgIpc) is 2.22. The number of amides is 1. The predicted octanol–water partition coefficient (Wildman–Crippen LogP) is 0.640. The molecule has 0 heterocycles. The molecule has 0 bridgehead atoms. The van der Waals surface area contributed by atoms with Crippen molar-refractivity contribution in [2.75, 3.05) is 20.8 Å². The Labute approximate surface area is 89.8 Å². The molecule has 88 valence electrons. The predicted molar refractivity (Wildman–Crippen MR) is 55.5 cm³/mol. The van der Waals surface area contributed by atoms with E-state index in [1.54, 1.807) is 7.11 Å². The molecular weight excluding hydrogens is 198 g/mol. The van der Waals surface area contributed by atoms with Gasteiger partial charge in [-0.1, -0.05) is 0 Å². The average molecular weight is 217 g/mol. The Morgan fingerprint density at radius 2 is 2.00 bits per heavy atom. The van der Waals surface area contributed by atoms with Gasteiger partial charge in [-0.15, -0.1) is 0 Å². The fourth-order valence-electron chi connectivity index (χ4n) is 1.32. The van der Waals surface area contributed by atoms with Crippen LogP contribution in [-0.2, 0) is 14.3 Å². The van der Waals surface area contributed by atoms with Crippen molar-refractivity contribution in [3.8, 4) is 0 Å². The number of nitrogens with one attached hydrogen (secondary N) is 1. The molecule has 0 rings (SSSR count). The smallest absolute Gasteiger partial charge is 0.318 e. The van der Waals surface area contributed by atoms with Crippen molar-refractivity contribution in [3.05, 3.63) is 0 Å². The normalized spacial score (nSPS) is 14.3. The Balaban J connectivity index is 4.27. The summed E-state index contributed by atoms with van der Waals surface area (Å²) in [5, 5.41) is 11.4. The molecule has 0 spiro atoms. The zero-order chi connectivity index (χ0) is 11.9. The molecule has 5 nitrogen and oxygen atoms in total. The number of unbranched alkanes of at least 4 members (excludes halogenated alkanes) is 1. The largest absolute Gasteiger partial charge is 0.480 e. The molecule has 0 saturated carbocycles. The van der Waals surface area contributed by atoms with Crippen LogP contribution in [0.2, 0.25) is 0 Å². The van der Waals surface area contributed by atoms with Gasteiger partial charge in [-0.3, -0.25) is 9.59 Å². The number of rotatable bonds is 7. The number of carboxylic acids is 1. The number of ether oxygens (including phenoxy) is 1. The first-order valence-electron chi connectivity index (χ1n) is 4.93. The van der Waals surface area contributed by atoms with Gasteiger partial charge in [0.1, 0.15) is 5.41 Å². The van der Waals surface area contributed by atoms with E-state index in [2.05, 4.69) is 5.32 Å². The first kappa shape index (κ1) is 13.9. The topological polar surface area (TPSA) is 75.6 Å². The van der Waals surface area contributed by atoms with Gasteiger partial charge in [0.2, 0.25) is 5.91 Å². The number of methoxy groups -OCH3 is 1. The highest BCUT2D eigenvalue weighted by molar-refractivity contribution is 6.01. The van der Waals surface area contributed by atoms with E-state index in [0.717, 1.165) is 6.42 Å². The Kier molecular flexibility index (Phi) is 5.93. The van der Waals surface area contributed by atoms with Gasteiger partial charge in [0.05, 0.1) is 0 Å². The number of aliphatic carboxylic acids is 1. The van der Waals surface area contributed by atoms with Gasteiger partial charge in [-0.25, -0.2) is 0 Å². The number of carbonyl (C=O) groups is 2. The van der Waals surface area contributed by atoms with Gasteiger partial charge in [0.15, 0.2) is 0 Å². The van der Waals surface area contributed by atoms with E-state index in [4.69, 9.17) is 9.84 Å². The van der Waals surface area contributed by atoms with Crippen molar-refractivity contribution in [2.45, 2.75) is 26.2 Å². The summed E-state index contributed by atoms with van der Waals surface area (Å²) in [4.78, 5) is 22.4. The van der Waals surface area contributed by atoms with Crippen LogP contribution in [-0.4, -0.2) is 37.7 Å². The summed E-state index contributed by atoms with van der Waals surface area (Å²) in [6.45, 7) is 2.03. The molecule has 0 aliphatic rings. The highest BCUT2D eigenvalue weighted by Crippen LogP contribution is 2.24. The Morgan fingerprint density at radius 3 is 2.40 bits per heavy atom. The summed E-state index contributed by atoms with van der Waals surface area (Å²) in [7, 11) is 3.04. The van der Waals surface area contributed by atoms with E-state index >= 15 is 0 Å². The first-order chi connectivity index (χ1) is 6.99. The van der Waals surface area contributed by atoms with Gasteiger partial charge >= 0.3 is 5.97 Å². The molecular formula is C10H19NO4. The third kappa shape index (κ3) is 3.87. The summed E-state index contributed by atoms with van der Waals surface area (Å²) in [6, 6.07) is 0. The second kappa shape index (κ2) is 6.40. The second-order valence-corrected chi connectivity index (χ2v) is 3.67. The van der Waals surface area contributed by atoms with Crippen LogP contribution in [0.1, 0.15) is 26.2 Å². The van der Waals surface area contributed by atoms with Crippen molar-refractivity contribution in [2.24, 2.45) is 5.41 Å². The molecule has 0 aliphatic carbocycles. The summed E-state index contributed by atoms with van der Waals surface area (Å²) in [5.41, 5.74) is -1.33. The Hall–Kier alpha value is -1.10. The molecule has 0 radical (unpaired) electrons. The summed E-state index contributed by atoms with van der Waals surface area (Å²) in [5.74, 6) is -1.54. The molecule has 15 heavy (non-hydrogen) atoms. The van der Waals surface area contributed by atoms with Crippen LogP contribution in [0.4, 0.5) is 0 Å². The lowest BCUT2D eigenvalue weighted by Gasteiger charge is -2.22. The third-order valence-corrected chi connectivity index (χ3v) is 2.48. The van der Waals surface area contributed by atoms with Gasteiger partial charge in [0.25, 0.3) is 0 Å². The first-order valence-corrected chi connectivity index (χ1v) is 4.93. The monoisotopic (exact) mass is 217 g/mol. The minimum absolute atomic E-state index is 0.325. The molecule has 0 aromatic carbocycles. The lowest BCUT2D eigenvalue weighted by atomic mass is 9.84. The zero-order valence-corrected chi connectivity index (χ0v) is 9.50. The lowest BCUT2D eigenvalue weighted by Crippen LogP contribution is -2.43. The number of hydrogen-bond donors (Lipinski definition) is 2. The molecule has 0 aliphatic heterocycles. The molecule has 0 aromatic rings. The molecule has 1 unspecified atom stereocenters. The maximum atomic E-state index is 11.4. The molecule has 2 N–H and O–H groups in total. The van der Waals surface area contributed by atoms with E-state index in [1.165, 1.54) is 14.0 Å². The third-order valence-electron chi connectivity index (χ3n) is 2.48. The molecule has 0 fully saturated rings. The molecule has 0 aromatic heterocycles. The Bertz CT molecular complexity index is 229. The van der Waals surface area contributed by atoms with Crippen molar-refractivity contribution < 1.29 is 19.4 Å². The van der Waals surface area contributed by atoms with E-state index < -0.39 is 17.3 Å². The Morgan fingerprint density at radius 1 is 1.40 bits per heavy atom. The molecule has 0 saturated heterocycles. The quantitative estimate of drug-likeness (QED) is 0.484. The fourth-order valence-corrected chi connectivity index (χ4v) is 1.32. The van der Waals surface area contributed by atoms with Gasteiger partial charge < -0.3 is 15.2 Å². The van der Waals surface area contributed by atoms with Crippen molar-refractivity contribution in [1.29, 1.82) is 0 Å². The number of carboxylic acid groups (broad SMARTS) is 1. The van der Waals surface area contributed by atoms with Crippen LogP contribution in [0.25, 0.3) is 0 Å². The van der Waals surface area contributed by atoms with Gasteiger partial charge in [-0.05, 0) is 26.2 Å². The van der Waals surface area contributed by atoms with E-state index in [0.29, 0.717) is 19.4 Å². The molecule has 1 atom stereocenters. The van der Waals surface area contributed by atoms with Crippen LogP contribution in [0, 0.1) is 5.41 Å². The summed E-state index contributed by atoms with van der Waals surface area (Å²) in [6.07, 6.45) is 1.74. The van der Waals surface area contributed by atoms with Gasteiger partial charge in [0, 0.05) is 20.8 Å². The van der Waals surface area contributed by atoms with Crippen LogP contribution >= 0.6 is 0 Å². The standard InChI is InChI=1S/C10H19NO4/c1-10(9(13)14,8(12)11-2)6-4-5-7-15-3/h4-7H2,1-3H3,(H,11,12)(H,13,14). The van der Waals surface area contributed by atoms with Crippen molar-refractivity contribution >= 4 is 11.9 Å². The van der Waals surface area contributed by atoms with Crippen LogP contribution in [0.5, 0.6) is 0 Å². The van der Waals surface area contributed by atoms with E-state index in [-0.39, 0.29) is 0 Å². The van der Waals surface area contributed by atoms with Crippen molar-refractivity contribution in [3.63, 3.8) is 0 Å². The van der Waals surface area contributed by atoms with Crippen LogP contribution in [0.15, 0.2) is 0 Å². The maximum absolute atomic E-state index is 11.4. The summed E-state index contributed by atoms with van der Waals surface area (Å²) < 4.78 is 4.86. The van der Waals surface area contributed by atoms with Crippen LogP contribution < -0.4 is 5.32 Å². The molecule has 1 amide bonds. The fraction of sp³-hybridized carbons (Fsp3) is 0.800. The second-order valence-electron chi connectivity index (χ2n) is 3.67. The van der Waals surface area contributed by atoms with Gasteiger partial charge in [-0.2, -0.15) is 0 Å². The number of hydrogen-bond acceptors (Lipinski definition) is 3. The SMILES string of the molecule is CNC(=O)C(C)(CCCCOC)C(=O)O. The number of carbonyl (C=O) groups excluding carboxylic acids is 1. The minimum Gasteiger partial charge on any atom is -0.480 e. The lowest BCUT2D eigenvalue weighted by molar-refractivity contribution is -0.155. The highest BCUT2D eigenvalue weighted by atomic mass is 16.5.